The Morgan fingerprint density at radius 1 is 1.50 bits per heavy atom. The van der Waals surface area contributed by atoms with Gasteiger partial charge < -0.3 is 14.6 Å². The summed E-state index contributed by atoms with van der Waals surface area (Å²) in [4.78, 5) is 9.80. The fraction of sp³-hybridized carbons (Fsp3) is 0.857. The minimum Gasteiger partial charge on any atom is -0.548 e. The van der Waals surface area contributed by atoms with Crippen LogP contribution in [0.15, 0.2) is 0 Å². The van der Waals surface area contributed by atoms with Gasteiger partial charge in [-0.15, -0.1) is 0 Å². The molecular weight excluding hydrogens is 132 g/mol. The molecule has 0 aliphatic heterocycles. The van der Waals surface area contributed by atoms with Crippen LogP contribution in [0.3, 0.4) is 0 Å². The van der Waals surface area contributed by atoms with Crippen LogP contribution in [0, 0.1) is 0 Å². The second kappa shape index (κ2) is 6.55. The fourth-order valence-corrected chi connectivity index (χ4v) is 0.610. The van der Waals surface area contributed by atoms with Crippen LogP contribution in [0.25, 0.3) is 0 Å². The summed E-state index contributed by atoms with van der Waals surface area (Å²) < 4.78 is 4.74. The summed E-state index contributed by atoms with van der Waals surface area (Å²) in [5.41, 5.74) is 0. The van der Waals surface area contributed by atoms with E-state index in [9.17, 15) is 9.90 Å². The van der Waals surface area contributed by atoms with Crippen LogP contribution < -0.4 is 5.11 Å². The summed E-state index contributed by atoms with van der Waals surface area (Å²) in [6.07, 6.45) is 3.14. The van der Waals surface area contributed by atoms with Gasteiger partial charge in [-0.2, -0.15) is 0 Å². The second-order valence-electron chi connectivity index (χ2n) is 2.13. The molecule has 0 aromatic carbocycles. The Morgan fingerprint density at radius 3 is 2.70 bits per heavy atom. The lowest BCUT2D eigenvalue weighted by Gasteiger charge is -2.02. The van der Waals surface area contributed by atoms with Crippen molar-refractivity contribution in [3.8, 4) is 0 Å². The average molecular weight is 145 g/mol. The number of carbonyl (C=O) groups is 1. The van der Waals surface area contributed by atoms with Gasteiger partial charge in [0.1, 0.15) is 0 Å². The van der Waals surface area contributed by atoms with E-state index in [0.717, 1.165) is 19.3 Å². The molecule has 0 saturated carbocycles. The van der Waals surface area contributed by atoms with Gasteiger partial charge in [0.25, 0.3) is 0 Å². The smallest absolute Gasteiger partial charge is 0.0861 e. The number of rotatable bonds is 6. The summed E-state index contributed by atoms with van der Waals surface area (Å²) in [7, 11) is 0. The summed E-state index contributed by atoms with van der Waals surface area (Å²) in [6, 6.07) is 0. The Labute approximate surface area is 61.0 Å². The maximum absolute atomic E-state index is 9.80. The molecule has 0 aliphatic carbocycles. The number of carboxylic acids is 1. The molecule has 0 aromatic rings. The largest absolute Gasteiger partial charge is 0.548 e. The van der Waals surface area contributed by atoms with E-state index >= 15 is 0 Å². The number of hydrogen-bond donors (Lipinski definition) is 0. The molecule has 0 N–H and O–H groups in total. The first-order valence-electron chi connectivity index (χ1n) is 3.55. The van der Waals surface area contributed by atoms with E-state index in [0.29, 0.717) is 6.61 Å². The van der Waals surface area contributed by atoms with E-state index in [4.69, 9.17) is 4.74 Å². The van der Waals surface area contributed by atoms with E-state index < -0.39 is 5.97 Å². The molecule has 3 nitrogen and oxygen atoms in total. The first-order valence-corrected chi connectivity index (χ1v) is 3.55. The normalized spacial score (nSPS) is 9.70. The molecule has 0 heterocycles. The standard InChI is InChI=1S/C7H14O3/c1-2-3-4-5-10-6-7(8)9/h2-6H2,1H3,(H,8,9)/p-1. The zero-order valence-electron chi connectivity index (χ0n) is 6.26. The molecule has 0 radical (unpaired) electrons. The Balaban J connectivity index is 2.84. The first-order chi connectivity index (χ1) is 4.77. The quantitative estimate of drug-likeness (QED) is 0.492. The molecule has 0 fully saturated rings. The Kier molecular flexibility index (Phi) is 6.18. The van der Waals surface area contributed by atoms with Crippen LogP contribution in [0.1, 0.15) is 26.2 Å². The molecule has 0 unspecified atom stereocenters. The summed E-state index contributed by atoms with van der Waals surface area (Å²) in [5, 5.41) is 9.80. The summed E-state index contributed by atoms with van der Waals surface area (Å²) >= 11 is 0. The van der Waals surface area contributed by atoms with Crippen molar-refractivity contribution in [3.05, 3.63) is 0 Å². The zero-order valence-corrected chi connectivity index (χ0v) is 6.26. The molecule has 3 heteroatoms. The molecular formula is C7H13O3-. The van der Waals surface area contributed by atoms with Crippen LogP contribution in [-0.4, -0.2) is 19.2 Å². The van der Waals surface area contributed by atoms with Crippen molar-refractivity contribution in [2.24, 2.45) is 0 Å². The van der Waals surface area contributed by atoms with Gasteiger partial charge in [0.05, 0.1) is 12.6 Å². The first kappa shape index (κ1) is 9.43. The molecule has 0 saturated heterocycles. The average Bonchev–Trinajstić information content (AvgIpc) is 1.87. The number of aliphatic carboxylic acids is 1. The van der Waals surface area contributed by atoms with Crippen LogP contribution >= 0.6 is 0 Å². The van der Waals surface area contributed by atoms with Crippen molar-refractivity contribution in [2.45, 2.75) is 26.2 Å². The Bertz CT molecular complexity index is 90.9. The lowest BCUT2D eigenvalue weighted by Crippen LogP contribution is -2.27. The van der Waals surface area contributed by atoms with E-state index in [1.807, 2.05) is 0 Å². The predicted octanol–water partition coefficient (Wildman–Crippen LogP) is -0.0569. The minimum atomic E-state index is -1.14. The van der Waals surface area contributed by atoms with Crippen molar-refractivity contribution in [3.63, 3.8) is 0 Å². The van der Waals surface area contributed by atoms with Gasteiger partial charge >= 0.3 is 0 Å². The monoisotopic (exact) mass is 145 g/mol. The molecule has 10 heavy (non-hydrogen) atoms. The number of carbonyl (C=O) groups excluding carboxylic acids is 1. The lowest BCUT2D eigenvalue weighted by molar-refractivity contribution is -0.309. The maximum atomic E-state index is 9.80. The maximum Gasteiger partial charge on any atom is 0.0861 e. The van der Waals surface area contributed by atoms with E-state index in [1.165, 1.54) is 0 Å². The number of carboxylic acid groups (broad SMARTS) is 1. The van der Waals surface area contributed by atoms with Gasteiger partial charge in [-0.1, -0.05) is 19.8 Å². The molecule has 0 rings (SSSR count). The molecule has 0 aromatic heterocycles. The Morgan fingerprint density at radius 2 is 2.20 bits per heavy atom. The number of unbranched alkanes of at least 4 members (excludes halogenated alkanes) is 2. The summed E-state index contributed by atoms with van der Waals surface area (Å²) in [5.74, 6) is -1.14. The highest BCUT2D eigenvalue weighted by molar-refractivity contribution is 5.65. The zero-order chi connectivity index (χ0) is 7.82. The van der Waals surface area contributed by atoms with E-state index in [1.54, 1.807) is 0 Å². The van der Waals surface area contributed by atoms with Crippen molar-refractivity contribution in [2.75, 3.05) is 13.2 Å². The highest BCUT2D eigenvalue weighted by Gasteiger charge is 1.87. The van der Waals surface area contributed by atoms with Crippen LogP contribution in [0.5, 0.6) is 0 Å². The van der Waals surface area contributed by atoms with Gasteiger partial charge in [-0.25, -0.2) is 0 Å². The van der Waals surface area contributed by atoms with Crippen LogP contribution in [0.2, 0.25) is 0 Å². The fourth-order valence-electron chi connectivity index (χ4n) is 0.610. The second-order valence-corrected chi connectivity index (χ2v) is 2.13. The third-order valence-electron chi connectivity index (χ3n) is 1.11. The summed E-state index contributed by atoms with van der Waals surface area (Å²) in [6.45, 7) is 2.34. The predicted molar refractivity (Wildman–Crippen MR) is 35.4 cm³/mol. The van der Waals surface area contributed by atoms with Crippen molar-refractivity contribution < 1.29 is 14.6 Å². The topological polar surface area (TPSA) is 49.4 Å². The minimum absolute atomic E-state index is 0.274. The van der Waals surface area contributed by atoms with E-state index in [2.05, 4.69) is 6.92 Å². The van der Waals surface area contributed by atoms with Crippen molar-refractivity contribution >= 4 is 5.97 Å². The van der Waals surface area contributed by atoms with Gasteiger partial charge in [0.2, 0.25) is 0 Å². The van der Waals surface area contributed by atoms with Crippen molar-refractivity contribution in [1.29, 1.82) is 0 Å². The highest BCUT2D eigenvalue weighted by Crippen LogP contribution is 1.93. The third-order valence-corrected chi connectivity index (χ3v) is 1.11. The van der Waals surface area contributed by atoms with Gasteiger partial charge in [-0.3, -0.25) is 0 Å². The number of hydrogen-bond acceptors (Lipinski definition) is 3. The highest BCUT2D eigenvalue weighted by atomic mass is 16.5. The Hall–Kier alpha value is -0.570. The number of ether oxygens (including phenoxy) is 1. The molecule has 0 bridgehead atoms. The molecule has 0 spiro atoms. The SMILES string of the molecule is CCCCCOCC(=O)[O-]. The third kappa shape index (κ3) is 7.43. The van der Waals surface area contributed by atoms with E-state index in [-0.39, 0.29) is 6.61 Å². The van der Waals surface area contributed by atoms with Crippen LogP contribution in [0.4, 0.5) is 0 Å². The molecule has 0 aliphatic rings. The lowest BCUT2D eigenvalue weighted by atomic mass is 10.3. The molecule has 0 atom stereocenters. The van der Waals surface area contributed by atoms with Gasteiger partial charge in [-0.05, 0) is 6.42 Å². The van der Waals surface area contributed by atoms with Gasteiger partial charge in [0.15, 0.2) is 0 Å². The molecule has 0 amide bonds. The van der Waals surface area contributed by atoms with Crippen LogP contribution in [-0.2, 0) is 9.53 Å². The van der Waals surface area contributed by atoms with Crippen molar-refractivity contribution in [1.82, 2.24) is 0 Å². The molecule has 60 valence electrons. The van der Waals surface area contributed by atoms with Gasteiger partial charge in [0, 0.05) is 6.61 Å².